The van der Waals surface area contributed by atoms with E-state index in [1.807, 2.05) is 78.9 Å². The maximum Gasteiger partial charge on any atom is 0.348 e. The smallest absolute Gasteiger partial charge is 0.348 e. The third kappa shape index (κ3) is 6.03. The first-order chi connectivity index (χ1) is 14.7. The lowest BCUT2D eigenvalue weighted by atomic mass is 10.1. The molecule has 3 aromatic rings. The maximum atomic E-state index is 12.8. The van der Waals surface area contributed by atoms with Crippen molar-refractivity contribution < 1.29 is 23.8 Å². The summed E-state index contributed by atoms with van der Waals surface area (Å²) in [6.07, 6.45) is -1.79. The summed E-state index contributed by atoms with van der Waals surface area (Å²) in [7, 11) is 1.43. The average molecular weight is 404 g/mol. The van der Waals surface area contributed by atoms with Crippen LogP contribution < -0.4 is 0 Å². The van der Waals surface area contributed by atoms with Gasteiger partial charge in [0, 0.05) is 13.5 Å². The molecule has 0 N–H and O–H groups in total. The van der Waals surface area contributed by atoms with Gasteiger partial charge in [0.1, 0.15) is 6.61 Å². The molecule has 0 bridgehead atoms. The fraction of sp³-hybridized carbons (Fsp3) is 0.200. The fourth-order valence-electron chi connectivity index (χ4n) is 3.02. The van der Waals surface area contributed by atoms with E-state index in [1.54, 1.807) is 12.1 Å². The van der Waals surface area contributed by atoms with E-state index in [0.29, 0.717) is 5.56 Å². The molecule has 154 valence electrons. The van der Waals surface area contributed by atoms with Gasteiger partial charge in [-0.05, 0) is 16.7 Å². The van der Waals surface area contributed by atoms with Crippen molar-refractivity contribution >= 4 is 11.9 Å². The number of carbonyl (C=O) groups is 2. The molecule has 0 saturated carbocycles. The van der Waals surface area contributed by atoms with Crippen molar-refractivity contribution in [2.75, 3.05) is 7.11 Å². The Bertz CT molecular complexity index is 926. The molecule has 0 heterocycles. The molecular weight excluding hydrogens is 380 g/mol. The van der Waals surface area contributed by atoms with Crippen LogP contribution in [0, 0.1) is 0 Å². The van der Waals surface area contributed by atoms with E-state index < -0.39 is 24.1 Å². The van der Waals surface area contributed by atoms with Gasteiger partial charge >= 0.3 is 11.9 Å². The monoisotopic (exact) mass is 404 g/mol. The van der Waals surface area contributed by atoms with Crippen LogP contribution in [0.15, 0.2) is 91.0 Å². The predicted octanol–water partition coefficient (Wildman–Crippen LogP) is 4.27. The number of hydrogen-bond acceptors (Lipinski definition) is 5. The fourth-order valence-corrected chi connectivity index (χ4v) is 3.02. The summed E-state index contributed by atoms with van der Waals surface area (Å²) in [6, 6.07) is 27.7. The van der Waals surface area contributed by atoms with Gasteiger partial charge in [0.05, 0.1) is 0 Å². The first-order valence-corrected chi connectivity index (χ1v) is 9.70. The minimum Gasteiger partial charge on any atom is -0.458 e. The molecule has 3 aromatic carbocycles. The van der Waals surface area contributed by atoms with Gasteiger partial charge < -0.3 is 14.2 Å². The van der Waals surface area contributed by atoms with Gasteiger partial charge in [0.2, 0.25) is 6.10 Å². The lowest BCUT2D eigenvalue weighted by Crippen LogP contribution is -2.33. The minimum atomic E-state index is -1.08. The van der Waals surface area contributed by atoms with Gasteiger partial charge in [0.15, 0.2) is 6.10 Å². The van der Waals surface area contributed by atoms with Crippen LogP contribution in [0.1, 0.15) is 22.8 Å². The number of ether oxygens (including phenoxy) is 3. The Kier molecular flexibility index (Phi) is 7.75. The van der Waals surface area contributed by atoms with Gasteiger partial charge in [-0.15, -0.1) is 0 Å². The first kappa shape index (κ1) is 21.3. The summed E-state index contributed by atoms with van der Waals surface area (Å²) in [5.74, 6) is -1.24. The molecule has 0 aromatic heterocycles. The van der Waals surface area contributed by atoms with Gasteiger partial charge in [-0.3, -0.25) is 0 Å². The molecule has 0 saturated heterocycles. The Hall–Kier alpha value is -3.44. The van der Waals surface area contributed by atoms with Gasteiger partial charge in [-0.1, -0.05) is 91.0 Å². The molecule has 2 atom stereocenters. The third-order valence-corrected chi connectivity index (χ3v) is 4.56. The molecule has 0 radical (unpaired) electrons. The second-order valence-corrected chi connectivity index (χ2v) is 6.73. The summed E-state index contributed by atoms with van der Waals surface area (Å²) < 4.78 is 16.3. The Morgan fingerprint density at radius 3 is 1.83 bits per heavy atom. The van der Waals surface area contributed by atoms with Crippen molar-refractivity contribution in [2.45, 2.75) is 25.2 Å². The predicted molar refractivity (Wildman–Crippen MR) is 112 cm³/mol. The summed E-state index contributed by atoms with van der Waals surface area (Å²) in [6.45, 7) is 0.106. The number of rotatable bonds is 9. The van der Waals surface area contributed by atoms with Gasteiger partial charge in [-0.2, -0.15) is 0 Å². The molecule has 0 fully saturated rings. The summed E-state index contributed by atoms with van der Waals surface area (Å²) in [5, 5.41) is 0. The van der Waals surface area contributed by atoms with Gasteiger partial charge in [0.25, 0.3) is 0 Å². The zero-order chi connectivity index (χ0) is 21.2. The first-order valence-electron chi connectivity index (χ1n) is 9.70. The number of methoxy groups -OCH3 is 1. The minimum absolute atomic E-state index is 0.106. The normalized spacial score (nSPS) is 12.6. The molecule has 3 rings (SSSR count). The quantitative estimate of drug-likeness (QED) is 0.499. The highest BCUT2D eigenvalue weighted by molar-refractivity contribution is 5.82. The average Bonchev–Trinajstić information content (AvgIpc) is 2.79. The molecular formula is C25H24O5. The number of esters is 2. The summed E-state index contributed by atoms with van der Waals surface area (Å²) >= 11 is 0. The molecule has 30 heavy (non-hydrogen) atoms. The zero-order valence-electron chi connectivity index (χ0n) is 16.8. The highest BCUT2D eigenvalue weighted by Gasteiger charge is 2.30. The van der Waals surface area contributed by atoms with E-state index in [4.69, 9.17) is 14.2 Å². The number of hydrogen-bond donors (Lipinski definition) is 0. The number of benzene rings is 3. The van der Waals surface area contributed by atoms with E-state index in [1.165, 1.54) is 7.11 Å². The SMILES string of the molecule is CO[C@H](C(=O)O[C@@H](Cc1ccccc1)C(=O)OCc1ccccc1)c1ccccc1. The van der Waals surface area contributed by atoms with E-state index in [2.05, 4.69) is 0 Å². The standard InChI is InChI=1S/C25H24O5/c1-28-23(21-15-9-4-10-16-21)25(27)30-22(17-19-11-5-2-6-12-19)24(26)29-18-20-13-7-3-8-14-20/h2-16,22-23H,17-18H2,1H3/t22-,23-/m0/s1. The molecule has 5 heteroatoms. The highest BCUT2D eigenvalue weighted by atomic mass is 16.6. The lowest BCUT2D eigenvalue weighted by Gasteiger charge is -2.21. The van der Waals surface area contributed by atoms with E-state index in [-0.39, 0.29) is 13.0 Å². The van der Waals surface area contributed by atoms with Crippen LogP contribution in [0.4, 0.5) is 0 Å². The van der Waals surface area contributed by atoms with Crippen molar-refractivity contribution in [3.63, 3.8) is 0 Å². The summed E-state index contributed by atoms with van der Waals surface area (Å²) in [5.41, 5.74) is 2.37. The molecule has 5 nitrogen and oxygen atoms in total. The Morgan fingerprint density at radius 1 is 0.733 bits per heavy atom. The van der Waals surface area contributed by atoms with E-state index in [9.17, 15) is 9.59 Å². The Morgan fingerprint density at radius 2 is 1.27 bits per heavy atom. The van der Waals surface area contributed by atoms with Crippen LogP contribution in [0.5, 0.6) is 0 Å². The van der Waals surface area contributed by atoms with E-state index >= 15 is 0 Å². The zero-order valence-corrected chi connectivity index (χ0v) is 16.8. The van der Waals surface area contributed by atoms with E-state index in [0.717, 1.165) is 11.1 Å². The van der Waals surface area contributed by atoms with Crippen molar-refractivity contribution in [1.29, 1.82) is 0 Å². The highest BCUT2D eigenvalue weighted by Crippen LogP contribution is 2.20. The third-order valence-electron chi connectivity index (χ3n) is 4.56. The van der Waals surface area contributed by atoms with Crippen molar-refractivity contribution in [3.05, 3.63) is 108 Å². The topological polar surface area (TPSA) is 61.8 Å². The second kappa shape index (κ2) is 10.9. The van der Waals surface area contributed by atoms with Crippen LogP contribution in [-0.4, -0.2) is 25.2 Å². The number of carbonyl (C=O) groups excluding carboxylic acids is 2. The Labute approximate surface area is 176 Å². The molecule has 0 aliphatic carbocycles. The molecule has 0 aliphatic heterocycles. The van der Waals surface area contributed by atoms with Crippen molar-refractivity contribution in [1.82, 2.24) is 0 Å². The van der Waals surface area contributed by atoms with Crippen molar-refractivity contribution in [3.8, 4) is 0 Å². The van der Waals surface area contributed by atoms with Gasteiger partial charge in [-0.25, -0.2) is 9.59 Å². The molecule has 0 spiro atoms. The largest absolute Gasteiger partial charge is 0.458 e. The molecule has 0 unspecified atom stereocenters. The maximum absolute atomic E-state index is 12.8. The second-order valence-electron chi connectivity index (χ2n) is 6.73. The van der Waals surface area contributed by atoms with Crippen LogP contribution >= 0.6 is 0 Å². The lowest BCUT2D eigenvalue weighted by molar-refractivity contribution is -0.175. The molecule has 0 aliphatic rings. The van der Waals surface area contributed by atoms with Crippen LogP contribution in [0.3, 0.4) is 0 Å². The van der Waals surface area contributed by atoms with Crippen LogP contribution in [0.25, 0.3) is 0 Å². The molecule has 0 amide bonds. The van der Waals surface area contributed by atoms with Crippen LogP contribution in [0.2, 0.25) is 0 Å². The van der Waals surface area contributed by atoms with Crippen molar-refractivity contribution in [2.24, 2.45) is 0 Å². The summed E-state index contributed by atoms with van der Waals surface area (Å²) in [4.78, 5) is 25.6. The van der Waals surface area contributed by atoms with Crippen LogP contribution in [-0.2, 0) is 36.8 Å². The Balaban J connectivity index is 1.73.